The Hall–Kier alpha value is -3.51. The standard InChI is InChI=1S/C24H23NO5.C2H6/c26-21(24(27)28)16-17-10-12-18(13-11-17)29-15-14-25-19-6-2-1-3-8-22(19)30-23-9-5-4-7-20(23)25;1-2/h2-13,21,26H,1,14-16H2,(H,27,28);1-2H3. The van der Waals surface area contributed by atoms with Crippen molar-refractivity contribution in [1.29, 1.82) is 0 Å². The van der Waals surface area contributed by atoms with E-state index in [0.717, 1.165) is 34.9 Å². The van der Waals surface area contributed by atoms with Crippen LogP contribution in [0.1, 0.15) is 25.8 Å². The van der Waals surface area contributed by atoms with Crippen molar-refractivity contribution in [3.05, 3.63) is 89.9 Å². The van der Waals surface area contributed by atoms with Gasteiger partial charge in [0.25, 0.3) is 0 Å². The molecular weight excluding hydrogens is 406 g/mol. The number of aliphatic hydroxyl groups excluding tert-OH is 1. The minimum atomic E-state index is -1.40. The average molecular weight is 436 g/mol. The number of para-hydroxylation sites is 2. The number of carboxylic acids is 1. The summed E-state index contributed by atoms with van der Waals surface area (Å²) in [6.07, 6.45) is 7.79. The number of benzene rings is 2. The molecule has 1 heterocycles. The van der Waals surface area contributed by atoms with Gasteiger partial charge < -0.3 is 24.6 Å². The van der Waals surface area contributed by atoms with Crippen molar-refractivity contribution in [2.24, 2.45) is 0 Å². The molecule has 0 aromatic heterocycles. The quantitative estimate of drug-likeness (QED) is 0.656. The number of nitrogens with zero attached hydrogens (tertiary/aromatic N) is 1. The minimum Gasteiger partial charge on any atom is -0.492 e. The van der Waals surface area contributed by atoms with Crippen LogP contribution in [0.3, 0.4) is 0 Å². The first-order valence-corrected chi connectivity index (χ1v) is 10.9. The van der Waals surface area contributed by atoms with Crippen LogP contribution in [-0.4, -0.2) is 35.4 Å². The van der Waals surface area contributed by atoms with Gasteiger partial charge in [0, 0.05) is 6.42 Å². The fraction of sp³-hybridized carbons (Fsp3) is 0.269. The Labute approximate surface area is 188 Å². The van der Waals surface area contributed by atoms with Gasteiger partial charge in [0.2, 0.25) is 0 Å². The van der Waals surface area contributed by atoms with E-state index in [1.165, 1.54) is 0 Å². The van der Waals surface area contributed by atoms with Gasteiger partial charge >= 0.3 is 5.97 Å². The molecule has 0 fully saturated rings. The summed E-state index contributed by atoms with van der Waals surface area (Å²) in [5, 5.41) is 18.3. The van der Waals surface area contributed by atoms with Crippen LogP contribution in [0.2, 0.25) is 0 Å². The number of hydrogen-bond acceptors (Lipinski definition) is 5. The lowest BCUT2D eigenvalue weighted by Gasteiger charge is -2.32. The molecule has 4 rings (SSSR count). The third-order valence-electron chi connectivity index (χ3n) is 4.96. The minimum absolute atomic E-state index is 0.0664. The van der Waals surface area contributed by atoms with Crippen LogP contribution < -0.4 is 14.4 Å². The van der Waals surface area contributed by atoms with Gasteiger partial charge in [-0.05, 0) is 48.4 Å². The number of carboxylic acid groups (broad SMARTS) is 1. The third kappa shape index (κ3) is 5.59. The van der Waals surface area contributed by atoms with Crippen molar-refractivity contribution in [2.45, 2.75) is 32.8 Å². The molecule has 2 aromatic rings. The van der Waals surface area contributed by atoms with E-state index < -0.39 is 12.1 Å². The molecule has 0 amide bonds. The van der Waals surface area contributed by atoms with Gasteiger partial charge in [0.15, 0.2) is 17.6 Å². The van der Waals surface area contributed by atoms with Gasteiger partial charge in [-0.3, -0.25) is 0 Å². The predicted molar refractivity (Wildman–Crippen MR) is 125 cm³/mol. The summed E-state index contributed by atoms with van der Waals surface area (Å²) in [6, 6.07) is 15.0. The van der Waals surface area contributed by atoms with Crippen LogP contribution in [0.25, 0.3) is 0 Å². The van der Waals surface area contributed by atoms with Gasteiger partial charge in [0.05, 0.1) is 17.9 Å². The van der Waals surface area contributed by atoms with Crippen molar-refractivity contribution < 1.29 is 24.5 Å². The summed E-state index contributed by atoms with van der Waals surface area (Å²) in [5.74, 6) is 1.11. The lowest BCUT2D eigenvalue weighted by atomic mass is 10.1. The molecule has 6 heteroatoms. The first kappa shape index (κ1) is 23.2. The zero-order chi connectivity index (χ0) is 22.9. The summed E-state index contributed by atoms with van der Waals surface area (Å²) in [4.78, 5) is 13.0. The molecule has 32 heavy (non-hydrogen) atoms. The monoisotopic (exact) mass is 435 g/mol. The number of rotatable bonds is 7. The first-order chi connectivity index (χ1) is 15.6. The second kappa shape index (κ2) is 11.2. The molecule has 1 aliphatic heterocycles. The molecule has 6 nitrogen and oxygen atoms in total. The predicted octanol–water partition coefficient (Wildman–Crippen LogP) is 4.71. The van der Waals surface area contributed by atoms with E-state index in [-0.39, 0.29) is 6.42 Å². The van der Waals surface area contributed by atoms with Crippen molar-refractivity contribution in [3.8, 4) is 11.5 Å². The molecule has 2 N–H and O–H groups in total. The Bertz CT molecular complexity index is 1010. The second-order valence-electron chi connectivity index (χ2n) is 7.06. The largest absolute Gasteiger partial charge is 0.492 e. The number of aliphatic hydroxyl groups is 1. The fourth-order valence-electron chi connectivity index (χ4n) is 3.45. The van der Waals surface area contributed by atoms with Crippen LogP contribution in [-0.2, 0) is 11.2 Å². The van der Waals surface area contributed by atoms with E-state index in [0.29, 0.717) is 18.9 Å². The zero-order valence-electron chi connectivity index (χ0n) is 18.4. The Balaban J connectivity index is 0.00000141. The SMILES string of the molecule is CC.O=C(O)C(O)Cc1ccc(OCCN2C3=C(C=CCC=C3)Oc3ccccc32)cc1. The second-order valence-corrected chi connectivity index (χ2v) is 7.06. The van der Waals surface area contributed by atoms with Gasteiger partial charge in [0.1, 0.15) is 12.4 Å². The fourth-order valence-corrected chi connectivity index (χ4v) is 3.45. The normalized spacial score (nSPS) is 14.9. The van der Waals surface area contributed by atoms with Crippen LogP contribution >= 0.6 is 0 Å². The van der Waals surface area contributed by atoms with E-state index in [2.05, 4.69) is 23.1 Å². The highest BCUT2D eigenvalue weighted by Crippen LogP contribution is 2.38. The molecule has 2 aliphatic rings. The van der Waals surface area contributed by atoms with Gasteiger partial charge in [-0.1, -0.05) is 50.3 Å². The molecular formula is C26H29NO5. The maximum absolute atomic E-state index is 10.8. The number of anilines is 1. The number of ether oxygens (including phenoxy) is 2. The molecule has 1 unspecified atom stereocenters. The Morgan fingerprint density at radius 3 is 2.56 bits per heavy atom. The lowest BCUT2D eigenvalue weighted by molar-refractivity contribution is -0.146. The van der Waals surface area contributed by atoms with Crippen LogP contribution in [0, 0.1) is 0 Å². The Kier molecular flexibility index (Phi) is 8.11. The molecule has 0 radical (unpaired) electrons. The van der Waals surface area contributed by atoms with Gasteiger partial charge in [-0.2, -0.15) is 0 Å². The molecule has 0 spiro atoms. The van der Waals surface area contributed by atoms with E-state index >= 15 is 0 Å². The van der Waals surface area contributed by atoms with E-state index in [1.54, 1.807) is 24.3 Å². The van der Waals surface area contributed by atoms with Crippen LogP contribution in [0.5, 0.6) is 11.5 Å². The van der Waals surface area contributed by atoms with Crippen LogP contribution in [0.15, 0.2) is 84.3 Å². The highest BCUT2D eigenvalue weighted by molar-refractivity contribution is 5.72. The molecule has 0 saturated heterocycles. The highest BCUT2D eigenvalue weighted by atomic mass is 16.5. The molecule has 168 valence electrons. The first-order valence-electron chi connectivity index (χ1n) is 10.9. The maximum Gasteiger partial charge on any atom is 0.332 e. The molecule has 1 atom stereocenters. The summed E-state index contributed by atoms with van der Waals surface area (Å²) in [6.45, 7) is 5.09. The number of hydrogen-bond donors (Lipinski definition) is 2. The summed E-state index contributed by atoms with van der Waals surface area (Å²) >= 11 is 0. The molecule has 0 saturated carbocycles. The van der Waals surface area contributed by atoms with Crippen LogP contribution in [0.4, 0.5) is 5.69 Å². The molecule has 1 aliphatic carbocycles. The molecule has 2 aromatic carbocycles. The number of allylic oxidation sites excluding steroid dienone is 4. The van der Waals surface area contributed by atoms with E-state index in [4.69, 9.17) is 14.6 Å². The summed E-state index contributed by atoms with van der Waals surface area (Å²) in [5.41, 5.74) is 2.74. The van der Waals surface area contributed by atoms with E-state index in [9.17, 15) is 9.90 Å². The van der Waals surface area contributed by atoms with Crippen molar-refractivity contribution in [2.75, 3.05) is 18.1 Å². The zero-order valence-corrected chi connectivity index (χ0v) is 18.4. The number of fused-ring (bicyclic) bond motifs is 1. The smallest absolute Gasteiger partial charge is 0.332 e. The highest BCUT2D eigenvalue weighted by Gasteiger charge is 2.24. The lowest BCUT2D eigenvalue weighted by Crippen LogP contribution is -2.31. The average Bonchev–Trinajstić information content (AvgIpc) is 3.06. The topological polar surface area (TPSA) is 79.2 Å². The van der Waals surface area contributed by atoms with Crippen molar-refractivity contribution in [3.63, 3.8) is 0 Å². The number of carbonyl (C=O) groups is 1. The van der Waals surface area contributed by atoms with E-state index in [1.807, 2.05) is 44.2 Å². The number of aliphatic carboxylic acids is 1. The Morgan fingerprint density at radius 2 is 1.81 bits per heavy atom. The maximum atomic E-state index is 10.8. The van der Waals surface area contributed by atoms with Gasteiger partial charge in [-0.25, -0.2) is 4.79 Å². The van der Waals surface area contributed by atoms with Crippen molar-refractivity contribution in [1.82, 2.24) is 0 Å². The Morgan fingerprint density at radius 1 is 1.09 bits per heavy atom. The van der Waals surface area contributed by atoms with Crippen molar-refractivity contribution >= 4 is 11.7 Å². The summed E-state index contributed by atoms with van der Waals surface area (Å²) < 4.78 is 12.0. The summed E-state index contributed by atoms with van der Waals surface area (Å²) in [7, 11) is 0. The van der Waals surface area contributed by atoms with Gasteiger partial charge in [-0.15, -0.1) is 0 Å². The molecule has 0 bridgehead atoms. The third-order valence-corrected chi connectivity index (χ3v) is 4.96.